The Hall–Kier alpha value is -2.69. The fourth-order valence-corrected chi connectivity index (χ4v) is 1.92. The summed E-state index contributed by atoms with van der Waals surface area (Å²) in [6.45, 7) is 1.95. The van der Waals surface area contributed by atoms with Crippen LogP contribution < -0.4 is 10.2 Å². The monoisotopic (exact) mass is 300 g/mol. The van der Waals surface area contributed by atoms with Crippen molar-refractivity contribution in [2.45, 2.75) is 13.3 Å². The van der Waals surface area contributed by atoms with Crippen molar-refractivity contribution in [1.82, 2.24) is 5.43 Å². The maximum Gasteiger partial charge on any atom is 0.271 e. The molecule has 1 N–H and O–H groups in total. The third-order valence-electron chi connectivity index (χ3n) is 3.16. The zero-order chi connectivity index (χ0) is 15.9. The van der Waals surface area contributed by atoms with E-state index in [4.69, 9.17) is 4.74 Å². The molecule has 4 nitrogen and oxygen atoms in total. The van der Waals surface area contributed by atoms with Gasteiger partial charge in [-0.15, -0.1) is 0 Å². The largest absolute Gasteiger partial charge is 0.497 e. The average Bonchev–Trinajstić information content (AvgIpc) is 2.56. The molecule has 1 amide bonds. The van der Waals surface area contributed by atoms with Gasteiger partial charge in [0.15, 0.2) is 0 Å². The molecule has 2 rings (SSSR count). The lowest BCUT2D eigenvalue weighted by atomic mass is 10.1. The van der Waals surface area contributed by atoms with Crippen molar-refractivity contribution in [2.24, 2.45) is 5.10 Å². The lowest BCUT2D eigenvalue weighted by molar-refractivity contribution is 0.0954. The molecule has 0 unspecified atom stereocenters. The number of hydrogen-bond acceptors (Lipinski definition) is 3. The van der Waals surface area contributed by atoms with Gasteiger partial charge in [0.25, 0.3) is 5.91 Å². The van der Waals surface area contributed by atoms with Crippen molar-refractivity contribution in [1.29, 1.82) is 0 Å². The Kier molecular flexibility index (Phi) is 5.25. The highest BCUT2D eigenvalue weighted by atomic mass is 19.1. The number of amides is 1. The van der Waals surface area contributed by atoms with Crippen LogP contribution in [-0.2, 0) is 0 Å². The topological polar surface area (TPSA) is 50.7 Å². The molecule has 0 heterocycles. The van der Waals surface area contributed by atoms with Crippen LogP contribution >= 0.6 is 0 Å². The molecule has 0 aliphatic rings. The number of benzene rings is 2. The lowest BCUT2D eigenvalue weighted by Crippen LogP contribution is -2.20. The van der Waals surface area contributed by atoms with Crippen molar-refractivity contribution in [3.05, 3.63) is 65.5 Å². The first kappa shape index (κ1) is 15.7. The minimum Gasteiger partial charge on any atom is -0.497 e. The number of carbonyl (C=O) groups is 1. The number of hydrogen-bond donors (Lipinski definition) is 1. The van der Waals surface area contributed by atoms with Crippen LogP contribution in [0.5, 0.6) is 5.75 Å². The number of methoxy groups -OCH3 is 1. The Morgan fingerprint density at radius 1 is 1.09 bits per heavy atom. The summed E-state index contributed by atoms with van der Waals surface area (Å²) in [6.07, 6.45) is 0.663. The Labute approximate surface area is 128 Å². The fourth-order valence-electron chi connectivity index (χ4n) is 1.92. The Morgan fingerprint density at radius 3 is 2.23 bits per heavy atom. The number of nitrogens with one attached hydrogen (secondary N) is 1. The number of rotatable bonds is 5. The molecule has 0 bridgehead atoms. The van der Waals surface area contributed by atoms with Crippen molar-refractivity contribution in [2.75, 3.05) is 7.11 Å². The quantitative estimate of drug-likeness (QED) is 0.680. The summed E-state index contributed by atoms with van der Waals surface area (Å²) in [5, 5.41) is 4.15. The Balaban J connectivity index is 2.11. The minimum atomic E-state index is -0.382. The van der Waals surface area contributed by atoms with Gasteiger partial charge >= 0.3 is 0 Å². The van der Waals surface area contributed by atoms with Crippen LogP contribution in [0.4, 0.5) is 4.39 Å². The molecule has 0 aliphatic heterocycles. The van der Waals surface area contributed by atoms with Gasteiger partial charge in [-0.25, -0.2) is 9.82 Å². The van der Waals surface area contributed by atoms with Crippen LogP contribution in [0.1, 0.15) is 29.3 Å². The van der Waals surface area contributed by atoms with Crippen LogP contribution in [0, 0.1) is 5.82 Å². The highest BCUT2D eigenvalue weighted by Gasteiger charge is 2.06. The van der Waals surface area contributed by atoms with Crippen LogP contribution in [0.2, 0.25) is 0 Å². The van der Waals surface area contributed by atoms with E-state index < -0.39 is 0 Å². The molecule has 0 atom stereocenters. The van der Waals surface area contributed by atoms with Crippen LogP contribution in [0.25, 0.3) is 0 Å². The zero-order valence-corrected chi connectivity index (χ0v) is 12.5. The van der Waals surface area contributed by atoms with E-state index in [2.05, 4.69) is 10.5 Å². The molecule has 0 fully saturated rings. The van der Waals surface area contributed by atoms with Gasteiger partial charge in [-0.05, 0) is 60.5 Å². The standard InChI is InChI=1S/C17H17FN2O2/c1-3-16(12-6-10-15(22-2)11-7-12)19-20-17(21)13-4-8-14(18)9-5-13/h4-11H,3H2,1-2H3,(H,20,21)/b19-16-. The highest BCUT2D eigenvalue weighted by Crippen LogP contribution is 2.13. The second kappa shape index (κ2) is 7.36. The van der Waals surface area contributed by atoms with Crippen LogP contribution in [-0.4, -0.2) is 18.7 Å². The minimum absolute atomic E-state index is 0.357. The molecule has 0 radical (unpaired) electrons. The maximum absolute atomic E-state index is 12.8. The number of hydrazone groups is 1. The molecule has 0 spiro atoms. The van der Waals surface area contributed by atoms with Gasteiger partial charge in [0, 0.05) is 5.56 Å². The van der Waals surface area contributed by atoms with E-state index in [0.29, 0.717) is 12.0 Å². The van der Waals surface area contributed by atoms with Gasteiger partial charge in [-0.2, -0.15) is 5.10 Å². The maximum atomic E-state index is 12.8. The summed E-state index contributed by atoms with van der Waals surface area (Å²) >= 11 is 0. The molecule has 2 aromatic rings. The first-order chi connectivity index (χ1) is 10.6. The predicted octanol–water partition coefficient (Wildman–Crippen LogP) is 3.38. The number of halogens is 1. The van der Waals surface area contributed by atoms with Crippen molar-refractivity contribution >= 4 is 11.6 Å². The lowest BCUT2D eigenvalue weighted by Gasteiger charge is -2.06. The van der Waals surface area contributed by atoms with E-state index in [9.17, 15) is 9.18 Å². The van der Waals surface area contributed by atoms with E-state index in [1.807, 2.05) is 31.2 Å². The van der Waals surface area contributed by atoms with Crippen LogP contribution in [0.3, 0.4) is 0 Å². The fraction of sp³-hybridized carbons (Fsp3) is 0.176. The van der Waals surface area contributed by atoms with E-state index in [-0.39, 0.29) is 11.7 Å². The molecule has 0 aromatic heterocycles. The van der Waals surface area contributed by atoms with E-state index in [0.717, 1.165) is 17.0 Å². The summed E-state index contributed by atoms with van der Waals surface area (Å²) in [5.41, 5.74) is 4.50. The number of ether oxygens (including phenoxy) is 1. The molecular weight excluding hydrogens is 283 g/mol. The smallest absolute Gasteiger partial charge is 0.271 e. The van der Waals surface area contributed by atoms with Crippen LogP contribution in [0.15, 0.2) is 53.6 Å². The molecule has 2 aromatic carbocycles. The third-order valence-corrected chi connectivity index (χ3v) is 3.16. The first-order valence-corrected chi connectivity index (χ1v) is 6.91. The van der Waals surface area contributed by atoms with E-state index >= 15 is 0 Å². The van der Waals surface area contributed by atoms with Gasteiger partial charge in [0.1, 0.15) is 11.6 Å². The molecule has 0 aliphatic carbocycles. The Bertz CT molecular complexity index is 664. The van der Waals surface area contributed by atoms with Crippen molar-refractivity contribution in [3.8, 4) is 5.75 Å². The summed E-state index contributed by atoms with van der Waals surface area (Å²) < 4.78 is 17.9. The van der Waals surface area contributed by atoms with E-state index in [1.165, 1.54) is 24.3 Å². The van der Waals surface area contributed by atoms with E-state index in [1.54, 1.807) is 7.11 Å². The molecule has 114 valence electrons. The zero-order valence-electron chi connectivity index (χ0n) is 12.5. The summed E-state index contributed by atoms with van der Waals surface area (Å²) in [6, 6.07) is 12.7. The Morgan fingerprint density at radius 2 is 1.68 bits per heavy atom. The second-order valence-corrected chi connectivity index (χ2v) is 4.59. The molecule has 22 heavy (non-hydrogen) atoms. The highest BCUT2D eigenvalue weighted by molar-refractivity contribution is 6.02. The first-order valence-electron chi connectivity index (χ1n) is 6.91. The van der Waals surface area contributed by atoms with Crippen molar-refractivity contribution < 1.29 is 13.9 Å². The van der Waals surface area contributed by atoms with Crippen molar-refractivity contribution in [3.63, 3.8) is 0 Å². The van der Waals surface area contributed by atoms with Gasteiger partial charge < -0.3 is 4.74 Å². The molecular formula is C17H17FN2O2. The number of nitrogens with zero attached hydrogens (tertiary/aromatic N) is 1. The average molecular weight is 300 g/mol. The SMILES string of the molecule is CC/C(=N/NC(=O)c1ccc(F)cc1)c1ccc(OC)cc1. The number of carbonyl (C=O) groups excluding carboxylic acids is 1. The van der Waals surface area contributed by atoms with Gasteiger partial charge in [-0.3, -0.25) is 4.79 Å². The van der Waals surface area contributed by atoms with Gasteiger partial charge in [0.05, 0.1) is 12.8 Å². The van der Waals surface area contributed by atoms with Gasteiger partial charge in [-0.1, -0.05) is 6.92 Å². The summed E-state index contributed by atoms with van der Waals surface area (Å²) in [5.74, 6) is 0.00143. The second-order valence-electron chi connectivity index (χ2n) is 4.59. The third kappa shape index (κ3) is 3.91. The normalized spacial score (nSPS) is 11.1. The van der Waals surface area contributed by atoms with Gasteiger partial charge in [0.2, 0.25) is 0 Å². The molecule has 5 heteroatoms. The molecule has 0 saturated carbocycles. The predicted molar refractivity (Wildman–Crippen MR) is 83.7 cm³/mol. The summed E-state index contributed by atoms with van der Waals surface area (Å²) in [7, 11) is 1.60. The molecule has 0 saturated heterocycles. The summed E-state index contributed by atoms with van der Waals surface area (Å²) in [4.78, 5) is 11.9.